The Balaban J connectivity index is 0.00000261. The number of nitrogens with zero attached hydrogens (tertiary/aromatic N) is 2. The predicted octanol–water partition coefficient (Wildman–Crippen LogP) is 4.12. The molecule has 0 amide bonds. The van der Waals surface area contributed by atoms with E-state index in [1.54, 1.807) is 37.3 Å². The Labute approximate surface area is 159 Å². The van der Waals surface area contributed by atoms with Crippen LogP contribution in [0.15, 0.2) is 53.3 Å². The minimum atomic E-state index is -4.67. The Morgan fingerprint density at radius 2 is 1.81 bits per heavy atom. The van der Waals surface area contributed by atoms with E-state index in [-0.39, 0.29) is 23.7 Å². The number of para-hydroxylation sites is 1. The smallest absolute Gasteiger partial charge is 0.321 e. The molecule has 0 aliphatic heterocycles. The Kier molecular flexibility index (Phi) is 6.12. The number of nitrogens with two attached hydrogens (primary N) is 1. The normalized spacial score (nSPS) is 12.5. The summed E-state index contributed by atoms with van der Waals surface area (Å²) in [7, 11) is 0. The van der Waals surface area contributed by atoms with Gasteiger partial charge in [0.15, 0.2) is 0 Å². The van der Waals surface area contributed by atoms with Crippen molar-refractivity contribution < 1.29 is 13.2 Å². The van der Waals surface area contributed by atoms with Gasteiger partial charge in [-0.05, 0) is 30.7 Å². The summed E-state index contributed by atoms with van der Waals surface area (Å²) in [6.45, 7) is 1.81. The van der Waals surface area contributed by atoms with Gasteiger partial charge in [0, 0.05) is 0 Å². The van der Waals surface area contributed by atoms with E-state index in [0.717, 1.165) is 10.7 Å². The number of aromatic nitrogens is 2. The van der Waals surface area contributed by atoms with E-state index in [0.29, 0.717) is 12.1 Å². The van der Waals surface area contributed by atoms with Gasteiger partial charge < -0.3 is 5.73 Å². The molecule has 9 heteroatoms. The van der Waals surface area contributed by atoms with E-state index in [1.807, 2.05) is 0 Å². The zero-order valence-corrected chi connectivity index (χ0v) is 15.1. The van der Waals surface area contributed by atoms with E-state index >= 15 is 0 Å². The number of rotatable bonds is 4. The third-order valence-corrected chi connectivity index (χ3v) is 4.02. The number of anilines is 1. The van der Waals surface area contributed by atoms with Crippen LogP contribution in [0.3, 0.4) is 0 Å². The summed E-state index contributed by atoms with van der Waals surface area (Å²) >= 11 is 0. The van der Waals surface area contributed by atoms with Crippen molar-refractivity contribution in [2.45, 2.75) is 25.6 Å². The van der Waals surface area contributed by atoms with Crippen LogP contribution in [0.4, 0.5) is 18.9 Å². The van der Waals surface area contributed by atoms with Crippen LogP contribution in [0.1, 0.15) is 30.8 Å². The van der Waals surface area contributed by atoms with Gasteiger partial charge in [-0.2, -0.15) is 13.2 Å². The van der Waals surface area contributed by atoms with Crippen molar-refractivity contribution in [2.24, 2.45) is 5.73 Å². The van der Waals surface area contributed by atoms with Gasteiger partial charge in [-0.3, -0.25) is 10.2 Å². The van der Waals surface area contributed by atoms with Crippen LogP contribution in [0.2, 0.25) is 0 Å². The summed E-state index contributed by atoms with van der Waals surface area (Å²) in [6, 6.07) is 11.5. The van der Waals surface area contributed by atoms with E-state index in [9.17, 15) is 18.0 Å². The van der Waals surface area contributed by atoms with Crippen LogP contribution in [0.5, 0.6) is 0 Å². The summed E-state index contributed by atoms with van der Waals surface area (Å²) in [6.07, 6.45) is -4.20. The van der Waals surface area contributed by atoms with Crippen molar-refractivity contribution in [1.29, 1.82) is 0 Å². The van der Waals surface area contributed by atoms with Crippen LogP contribution in [0.25, 0.3) is 10.9 Å². The largest absolute Gasteiger partial charge is 0.417 e. The van der Waals surface area contributed by atoms with Crippen LogP contribution in [0, 0.1) is 0 Å². The molecule has 5 nitrogen and oxygen atoms in total. The van der Waals surface area contributed by atoms with Crippen molar-refractivity contribution in [2.75, 3.05) is 5.43 Å². The number of benzene rings is 2. The Morgan fingerprint density at radius 1 is 1.15 bits per heavy atom. The van der Waals surface area contributed by atoms with E-state index in [4.69, 9.17) is 5.73 Å². The number of nitrogens with one attached hydrogen (secondary N) is 1. The highest BCUT2D eigenvalue weighted by molar-refractivity contribution is 5.85. The van der Waals surface area contributed by atoms with Crippen LogP contribution >= 0.6 is 12.4 Å². The summed E-state index contributed by atoms with van der Waals surface area (Å²) in [5.74, 6) is 0.174. The van der Waals surface area contributed by atoms with Gasteiger partial charge in [0.1, 0.15) is 5.82 Å². The highest BCUT2D eigenvalue weighted by Gasteiger charge is 2.34. The topological polar surface area (TPSA) is 72.9 Å². The Bertz CT molecular complexity index is 990. The second kappa shape index (κ2) is 7.98. The standard InChI is InChI=1S/C18H17F3N4O.ClH/c1-2-13(22)16-23-14-10-6-9-12(18(19,20)21)15(14)17(26)25(16)24-11-7-4-3-5-8-11;/h3-10,13,24H,2,22H2,1H3;1H/t13-;/m0./s1. The lowest BCUT2D eigenvalue weighted by Gasteiger charge is -2.20. The molecule has 0 fully saturated rings. The first-order valence-electron chi connectivity index (χ1n) is 8.03. The van der Waals surface area contributed by atoms with Crippen LogP contribution in [-0.2, 0) is 6.18 Å². The minimum absolute atomic E-state index is 0. The molecule has 0 spiro atoms. The summed E-state index contributed by atoms with van der Waals surface area (Å²) in [5.41, 5.74) is 7.51. The van der Waals surface area contributed by atoms with Crippen molar-refractivity contribution in [3.05, 3.63) is 70.3 Å². The summed E-state index contributed by atoms with van der Waals surface area (Å²) < 4.78 is 41.1. The first kappa shape index (κ1) is 20.7. The molecule has 0 unspecified atom stereocenters. The van der Waals surface area contributed by atoms with Crippen molar-refractivity contribution in [3.63, 3.8) is 0 Å². The Morgan fingerprint density at radius 3 is 2.41 bits per heavy atom. The molecule has 144 valence electrons. The summed E-state index contributed by atoms with van der Waals surface area (Å²) in [4.78, 5) is 17.2. The zero-order valence-electron chi connectivity index (χ0n) is 14.3. The molecule has 27 heavy (non-hydrogen) atoms. The van der Waals surface area contributed by atoms with Gasteiger partial charge in [-0.25, -0.2) is 9.66 Å². The van der Waals surface area contributed by atoms with E-state index < -0.39 is 28.7 Å². The second-order valence-corrected chi connectivity index (χ2v) is 5.80. The molecule has 0 saturated carbocycles. The lowest BCUT2D eigenvalue weighted by atomic mass is 10.1. The number of fused-ring (bicyclic) bond motifs is 1. The predicted molar refractivity (Wildman–Crippen MR) is 101 cm³/mol. The van der Waals surface area contributed by atoms with Gasteiger partial charge in [0.2, 0.25) is 0 Å². The monoisotopic (exact) mass is 398 g/mol. The number of hydrogen-bond donors (Lipinski definition) is 2. The highest BCUT2D eigenvalue weighted by atomic mass is 35.5. The molecule has 1 aromatic heterocycles. The third kappa shape index (κ3) is 4.06. The Hall–Kier alpha value is -2.58. The van der Waals surface area contributed by atoms with Crippen molar-refractivity contribution in [1.82, 2.24) is 9.66 Å². The number of alkyl halides is 3. The maximum atomic E-state index is 13.4. The maximum Gasteiger partial charge on any atom is 0.417 e. The van der Waals surface area contributed by atoms with Gasteiger partial charge in [-0.1, -0.05) is 31.2 Å². The zero-order chi connectivity index (χ0) is 18.9. The van der Waals surface area contributed by atoms with Crippen LogP contribution in [-0.4, -0.2) is 9.66 Å². The number of halogens is 4. The minimum Gasteiger partial charge on any atom is -0.321 e. The first-order chi connectivity index (χ1) is 12.3. The molecule has 3 rings (SSSR count). The molecule has 1 heterocycles. The van der Waals surface area contributed by atoms with Crippen molar-refractivity contribution >= 4 is 29.0 Å². The summed E-state index contributed by atoms with van der Waals surface area (Å²) in [5, 5.41) is -0.490. The molecular formula is C18H18ClF3N4O. The average molecular weight is 399 g/mol. The van der Waals surface area contributed by atoms with E-state index in [1.165, 1.54) is 12.1 Å². The first-order valence-corrected chi connectivity index (χ1v) is 8.03. The molecule has 0 radical (unpaired) electrons. The van der Waals surface area contributed by atoms with Gasteiger partial charge >= 0.3 is 6.18 Å². The molecular weight excluding hydrogens is 381 g/mol. The molecule has 0 aliphatic rings. The van der Waals surface area contributed by atoms with Crippen molar-refractivity contribution in [3.8, 4) is 0 Å². The quantitative estimate of drug-likeness (QED) is 0.693. The lowest BCUT2D eigenvalue weighted by Crippen LogP contribution is -2.34. The molecule has 0 aliphatic carbocycles. The molecule has 0 saturated heterocycles. The van der Waals surface area contributed by atoms with Gasteiger partial charge in [-0.15, -0.1) is 12.4 Å². The molecule has 1 atom stereocenters. The fraction of sp³-hybridized carbons (Fsp3) is 0.222. The second-order valence-electron chi connectivity index (χ2n) is 5.80. The molecule has 0 bridgehead atoms. The molecule has 3 aromatic rings. The lowest BCUT2D eigenvalue weighted by molar-refractivity contribution is -0.136. The highest BCUT2D eigenvalue weighted by Crippen LogP contribution is 2.33. The maximum absolute atomic E-state index is 13.4. The van der Waals surface area contributed by atoms with Gasteiger partial charge in [0.25, 0.3) is 5.56 Å². The van der Waals surface area contributed by atoms with Gasteiger partial charge in [0.05, 0.1) is 28.2 Å². The fourth-order valence-corrected chi connectivity index (χ4v) is 2.66. The van der Waals surface area contributed by atoms with E-state index in [2.05, 4.69) is 10.4 Å². The van der Waals surface area contributed by atoms with Crippen LogP contribution < -0.4 is 16.7 Å². The average Bonchev–Trinajstić information content (AvgIpc) is 2.62. The molecule has 2 aromatic carbocycles. The SMILES string of the molecule is CC[C@H](N)c1nc2cccc(C(F)(F)F)c2c(=O)n1Nc1ccccc1.Cl. The number of hydrogen-bond acceptors (Lipinski definition) is 4. The fourth-order valence-electron chi connectivity index (χ4n) is 2.66. The molecule has 3 N–H and O–H groups in total. The third-order valence-electron chi connectivity index (χ3n) is 4.02.